The van der Waals surface area contributed by atoms with Crippen LogP contribution < -0.4 is 10.2 Å². The van der Waals surface area contributed by atoms with Crippen LogP contribution in [0.25, 0.3) is 0 Å². The molecule has 0 aliphatic carbocycles. The largest absolute Gasteiger partial charge is 0.360 e. The average Bonchev–Trinajstić information content (AvgIpc) is 3.36. The maximum absolute atomic E-state index is 5.00. The molecule has 4 heterocycles. The Hall–Kier alpha value is -1.36. The van der Waals surface area contributed by atoms with Crippen molar-refractivity contribution >= 4 is 46.3 Å². The number of halogens is 1. The van der Waals surface area contributed by atoms with Gasteiger partial charge >= 0.3 is 0 Å². The van der Waals surface area contributed by atoms with Gasteiger partial charge in [0, 0.05) is 52.2 Å². The standard InChI is InChI=1S/C19H29N7S.HI/c1-3-20-19(25-10-8-24(9-11-25)18-5-4-12-27-18)21-13-16-6-7-17-23-22-15(2)26(17)14-16;/h4-5,12,16H,3,6-11,13-14H2,1-2H3,(H,20,21);1H. The lowest BCUT2D eigenvalue weighted by molar-refractivity contribution is 0.355. The lowest BCUT2D eigenvalue weighted by Crippen LogP contribution is -2.52. The highest BCUT2D eigenvalue weighted by atomic mass is 127. The molecule has 7 nitrogen and oxygen atoms in total. The van der Waals surface area contributed by atoms with Crippen LogP contribution in [0, 0.1) is 12.8 Å². The number of guanidine groups is 1. The van der Waals surface area contributed by atoms with Gasteiger partial charge in [0.25, 0.3) is 0 Å². The van der Waals surface area contributed by atoms with E-state index in [1.165, 1.54) is 5.00 Å². The third-order valence-electron chi connectivity index (χ3n) is 5.46. The molecule has 2 aliphatic heterocycles. The molecule has 0 saturated carbocycles. The van der Waals surface area contributed by atoms with Gasteiger partial charge < -0.3 is 19.7 Å². The van der Waals surface area contributed by atoms with E-state index in [0.29, 0.717) is 5.92 Å². The average molecular weight is 515 g/mol. The summed E-state index contributed by atoms with van der Waals surface area (Å²) < 4.78 is 2.26. The summed E-state index contributed by atoms with van der Waals surface area (Å²) in [6.45, 7) is 11.1. The third-order valence-corrected chi connectivity index (χ3v) is 6.39. The monoisotopic (exact) mass is 515 g/mol. The summed E-state index contributed by atoms with van der Waals surface area (Å²) in [5.41, 5.74) is 0. The summed E-state index contributed by atoms with van der Waals surface area (Å²) in [6, 6.07) is 4.34. The number of anilines is 1. The molecule has 9 heteroatoms. The minimum absolute atomic E-state index is 0. The SMILES string of the molecule is CCNC(=NCC1CCc2nnc(C)n2C1)N1CCN(c2cccs2)CC1.I. The molecule has 0 aromatic carbocycles. The van der Waals surface area contributed by atoms with E-state index in [1.807, 2.05) is 18.3 Å². The van der Waals surface area contributed by atoms with E-state index >= 15 is 0 Å². The number of hydrogen-bond donors (Lipinski definition) is 1. The molecule has 1 atom stereocenters. The summed E-state index contributed by atoms with van der Waals surface area (Å²) in [7, 11) is 0. The minimum Gasteiger partial charge on any atom is -0.360 e. The highest BCUT2D eigenvalue weighted by Crippen LogP contribution is 2.23. The highest BCUT2D eigenvalue weighted by Gasteiger charge is 2.23. The Bertz CT molecular complexity index is 765. The van der Waals surface area contributed by atoms with Crippen molar-refractivity contribution in [2.45, 2.75) is 33.2 Å². The number of aryl methyl sites for hydroxylation is 2. The van der Waals surface area contributed by atoms with Crippen molar-refractivity contribution in [2.24, 2.45) is 10.9 Å². The van der Waals surface area contributed by atoms with Gasteiger partial charge in [-0.15, -0.1) is 45.5 Å². The normalized spacial score (nSPS) is 19.9. The number of thiophene rings is 1. The predicted molar refractivity (Wildman–Crippen MR) is 126 cm³/mol. The van der Waals surface area contributed by atoms with Crippen LogP contribution in [0.1, 0.15) is 25.0 Å². The maximum Gasteiger partial charge on any atom is 0.194 e. The van der Waals surface area contributed by atoms with Gasteiger partial charge in [-0.2, -0.15) is 0 Å². The fraction of sp³-hybridized carbons (Fsp3) is 0.632. The topological polar surface area (TPSA) is 61.6 Å². The van der Waals surface area contributed by atoms with Crippen molar-refractivity contribution in [1.82, 2.24) is 25.0 Å². The van der Waals surface area contributed by atoms with Gasteiger partial charge in [-0.1, -0.05) is 0 Å². The number of aromatic nitrogens is 3. The molecule has 4 rings (SSSR count). The zero-order valence-corrected chi connectivity index (χ0v) is 19.8. The summed E-state index contributed by atoms with van der Waals surface area (Å²) in [6.07, 6.45) is 2.16. The second kappa shape index (κ2) is 9.91. The number of nitrogens with one attached hydrogen (secondary N) is 1. The molecule has 1 fully saturated rings. The Balaban J connectivity index is 0.00000225. The smallest absolute Gasteiger partial charge is 0.194 e. The molecule has 0 spiro atoms. The molecule has 2 aromatic heterocycles. The van der Waals surface area contributed by atoms with Crippen LogP contribution in [-0.4, -0.2) is 64.9 Å². The molecule has 1 unspecified atom stereocenters. The Labute approximate surface area is 188 Å². The van der Waals surface area contributed by atoms with Crippen LogP contribution in [0.4, 0.5) is 5.00 Å². The van der Waals surface area contributed by atoms with Crippen LogP contribution in [0.5, 0.6) is 0 Å². The molecule has 1 N–H and O–H groups in total. The Morgan fingerprint density at radius 3 is 2.82 bits per heavy atom. The number of aliphatic imine (C=N–C) groups is 1. The Kier molecular flexibility index (Phi) is 7.55. The molecular weight excluding hydrogens is 485 g/mol. The molecule has 2 aromatic rings. The van der Waals surface area contributed by atoms with Gasteiger partial charge in [0.2, 0.25) is 0 Å². The number of piperazine rings is 1. The van der Waals surface area contributed by atoms with Gasteiger partial charge in [-0.3, -0.25) is 4.99 Å². The number of rotatable bonds is 4. The van der Waals surface area contributed by atoms with Crippen LogP contribution in [0.3, 0.4) is 0 Å². The molecule has 154 valence electrons. The zero-order valence-electron chi connectivity index (χ0n) is 16.7. The van der Waals surface area contributed by atoms with E-state index in [2.05, 4.69) is 54.3 Å². The van der Waals surface area contributed by atoms with Crippen molar-refractivity contribution in [3.63, 3.8) is 0 Å². The van der Waals surface area contributed by atoms with Gasteiger partial charge in [0.05, 0.1) is 5.00 Å². The van der Waals surface area contributed by atoms with E-state index in [-0.39, 0.29) is 24.0 Å². The first-order valence-corrected chi connectivity index (χ1v) is 10.8. The van der Waals surface area contributed by atoms with Crippen LogP contribution >= 0.6 is 35.3 Å². The van der Waals surface area contributed by atoms with Crippen molar-refractivity contribution in [3.05, 3.63) is 29.2 Å². The van der Waals surface area contributed by atoms with Crippen molar-refractivity contribution in [2.75, 3.05) is 44.2 Å². The first-order chi connectivity index (χ1) is 13.2. The summed E-state index contributed by atoms with van der Waals surface area (Å²) >= 11 is 1.82. The molecule has 28 heavy (non-hydrogen) atoms. The Morgan fingerprint density at radius 1 is 1.29 bits per heavy atom. The molecular formula is C19H30IN7S. The van der Waals surface area contributed by atoms with E-state index in [9.17, 15) is 0 Å². The van der Waals surface area contributed by atoms with Gasteiger partial charge in [0.15, 0.2) is 5.96 Å². The van der Waals surface area contributed by atoms with Crippen LogP contribution in [-0.2, 0) is 13.0 Å². The first kappa shape index (κ1) is 21.4. The second-order valence-corrected chi connectivity index (χ2v) is 8.22. The number of nitrogens with zero attached hydrogens (tertiary/aromatic N) is 6. The van der Waals surface area contributed by atoms with E-state index < -0.39 is 0 Å². The van der Waals surface area contributed by atoms with E-state index in [0.717, 1.165) is 76.3 Å². The van der Waals surface area contributed by atoms with Crippen molar-refractivity contribution in [3.8, 4) is 0 Å². The zero-order chi connectivity index (χ0) is 18.6. The first-order valence-electron chi connectivity index (χ1n) is 9.95. The number of hydrogen-bond acceptors (Lipinski definition) is 5. The van der Waals surface area contributed by atoms with Gasteiger partial charge in [0.1, 0.15) is 11.6 Å². The molecule has 2 aliphatic rings. The summed E-state index contributed by atoms with van der Waals surface area (Å²) in [4.78, 5) is 9.88. The van der Waals surface area contributed by atoms with Crippen molar-refractivity contribution in [1.29, 1.82) is 0 Å². The van der Waals surface area contributed by atoms with E-state index in [1.54, 1.807) is 0 Å². The second-order valence-electron chi connectivity index (χ2n) is 7.30. The van der Waals surface area contributed by atoms with Gasteiger partial charge in [-0.05, 0) is 43.7 Å². The highest BCUT2D eigenvalue weighted by molar-refractivity contribution is 14.0. The summed E-state index contributed by atoms with van der Waals surface area (Å²) in [5.74, 6) is 3.78. The Morgan fingerprint density at radius 2 is 2.11 bits per heavy atom. The van der Waals surface area contributed by atoms with E-state index in [4.69, 9.17) is 4.99 Å². The van der Waals surface area contributed by atoms with Gasteiger partial charge in [-0.25, -0.2) is 0 Å². The lowest BCUT2D eigenvalue weighted by Gasteiger charge is -2.37. The predicted octanol–water partition coefficient (Wildman–Crippen LogP) is 2.62. The third kappa shape index (κ3) is 4.79. The summed E-state index contributed by atoms with van der Waals surface area (Å²) in [5, 5.41) is 15.5. The van der Waals surface area contributed by atoms with Crippen molar-refractivity contribution < 1.29 is 0 Å². The fourth-order valence-electron chi connectivity index (χ4n) is 3.91. The van der Waals surface area contributed by atoms with Crippen LogP contribution in [0.2, 0.25) is 0 Å². The van der Waals surface area contributed by atoms with Crippen LogP contribution in [0.15, 0.2) is 22.5 Å². The minimum atomic E-state index is 0. The lowest BCUT2D eigenvalue weighted by atomic mass is 9.99. The molecule has 1 saturated heterocycles. The molecule has 0 amide bonds. The fourth-order valence-corrected chi connectivity index (χ4v) is 4.69. The quantitative estimate of drug-likeness (QED) is 0.386. The molecule has 0 radical (unpaired) electrons. The molecule has 0 bridgehead atoms. The maximum atomic E-state index is 5.00. The number of fused-ring (bicyclic) bond motifs is 1.